The molecule has 1 heterocycles. The maximum atomic E-state index is 5.80. The van der Waals surface area contributed by atoms with E-state index >= 15 is 0 Å². The van der Waals surface area contributed by atoms with Gasteiger partial charge in [0, 0.05) is 18.9 Å². The van der Waals surface area contributed by atoms with E-state index in [0.717, 1.165) is 31.2 Å². The van der Waals surface area contributed by atoms with Crippen molar-refractivity contribution in [3.8, 4) is 0 Å². The van der Waals surface area contributed by atoms with Crippen molar-refractivity contribution in [3.05, 3.63) is 17.8 Å². The van der Waals surface area contributed by atoms with Crippen molar-refractivity contribution >= 4 is 0 Å². The fourth-order valence-corrected chi connectivity index (χ4v) is 2.14. The molecule has 1 N–H and O–H groups in total. The van der Waals surface area contributed by atoms with Crippen molar-refractivity contribution in [3.63, 3.8) is 0 Å². The number of aromatic nitrogens is 1. The molecule has 1 saturated carbocycles. The predicted octanol–water partition coefficient (Wildman–Crippen LogP) is 2.98. The fraction of sp³-hybridized carbons (Fsp3) is 0.786. The van der Waals surface area contributed by atoms with Gasteiger partial charge in [-0.2, -0.15) is 0 Å². The topological polar surface area (TPSA) is 38.1 Å². The molecule has 1 aromatic heterocycles. The molecule has 1 aromatic rings. The summed E-state index contributed by atoms with van der Waals surface area (Å²) in [5.41, 5.74) is 0.423. The second kappa shape index (κ2) is 4.81. The Morgan fingerprint density at radius 2 is 2.24 bits per heavy atom. The standard InChI is InChI=1S/C14H24N2O/c1-10(2)8-15-6-5-13-16-9-12(17-13)11-7-14(11,3)4/h9-11,15H,5-8H2,1-4H3. The third-order valence-electron chi connectivity index (χ3n) is 3.50. The molecule has 0 spiro atoms. The van der Waals surface area contributed by atoms with Gasteiger partial charge in [0.15, 0.2) is 5.89 Å². The van der Waals surface area contributed by atoms with Crippen LogP contribution in [-0.4, -0.2) is 18.1 Å². The molecule has 0 aliphatic heterocycles. The molecular weight excluding hydrogens is 212 g/mol. The van der Waals surface area contributed by atoms with Crippen LogP contribution in [0.1, 0.15) is 51.7 Å². The highest BCUT2D eigenvalue weighted by Crippen LogP contribution is 2.58. The van der Waals surface area contributed by atoms with Gasteiger partial charge < -0.3 is 9.73 Å². The molecule has 0 saturated heterocycles. The predicted molar refractivity (Wildman–Crippen MR) is 69.1 cm³/mol. The second-order valence-electron chi connectivity index (χ2n) is 6.25. The van der Waals surface area contributed by atoms with Crippen molar-refractivity contribution in [1.82, 2.24) is 10.3 Å². The minimum Gasteiger partial charge on any atom is -0.445 e. The molecule has 96 valence electrons. The molecule has 0 bridgehead atoms. The minimum atomic E-state index is 0.423. The van der Waals surface area contributed by atoms with E-state index < -0.39 is 0 Å². The molecule has 1 unspecified atom stereocenters. The first kappa shape index (κ1) is 12.6. The number of nitrogens with zero attached hydrogens (tertiary/aromatic N) is 1. The Balaban J connectivity index is 1.75. The Morgan fingerprint density at radius 3 is 2.82 bits per heavy atom. The van der Waals surface area contributed by atoms with Gasteiger partial charge in [-0.1, -0.05) is 27.7 Å². The zero-order valence-electron chi connectivity index (χ0n) is 11.4. The Hall–Kier alpha value is -0.830. The quantitative estimate of drug-likeness (QED) is 0.772. The summed E-state index contributed by atoms with van der Waals surface area (Å²) in [5.74, 6) is 3.24. The molecule has 0 radical (unpaired) electrons. The molecule has 1 aliphatic rings. The number of nitrogens with one attached hydrogen (secondary N) is 1. The Bertz CT molecular complexity index is 368. The SMILES string of the molecule is CC(C)CNCCc1ncc(C2CC2(C)C)o1. The number of oxazole rings is 1. The average molecular weight is 236 g/mol. The van der Waals surface area contributed by atoms with Gasteiger partial charge in [0.2, 0.25) is 0 Å². The number of rotatable bonds is 6. The maximum absolute atomic E-state index is 5.80. The van der Waals surface area contributed by atoms with Crippen LogP contribution in [0.4, 0.5) is 0 Å². The fourth-order valence-electron chi connectivity index (χ4n) is 2.14. The van der Waals surface area contributed by atoms with Crippen molar-refractivity contribution < 1.29 is 4.42 Å². The van der Waals surface area contributed by atoms with E-state index in [9.17, 15) is 0 Å². The van der Waals surface area contributed by atoms with E-state index in [-0.39, 0.29) is 0 Å². The van der Waals surface area contributed by atoms with E-state index in [0.29, 0.717) is 17.3 Å². The lowest BCUT2D eigenvalue weighted by atomic mass is 10.1. The molecule has 0 aromatic carbocycles. The van der Waals surface area contributed by atoms with Gasteiger partial charge in [0.1, 0.15) is 5.76 Å². The van der Waals surface area contributed by atoms with E-state index in [4.69, 9.17) is 4.42 Å². The summed E-state index contributed by atoms with van der Waals surface area (Å²) in [5, 5.41) is 3.40. The van der Waals surface area contributed by atoms with Gasteiger partial charge in [-0.25, -0.2) is 4.98 Å². The van der Waals surface area contributed by atoms with E-state index in [1.807, 2.05) is 6.20 Å². The zero-order chi connectivity index (χ0) is 12.5. The van der Waals surface area contributed by atoms with Gasteiger partial charge in [0.05, 0.1) is 6.20 Å². The molecule has 1 atom stereocenters. The van der Waals surface area contributed by atoms with E-state index in [1.165, 1.54) is 6.42 Å². The van der Waals surface area contributed by atoms with Crippen LogP contribution in [0, 0.1) is 11.3 Å². The molecule has 1 fully saturated rings. The van der Waals surface area contributed by atoms with Gasteiger partial charge in [0.25, 0.3) is 0 Å². The highest BCUT2D eigenvalue weighted by atomic mass is 16.4. The highest BCUT2D eigenvalue weighted by molar-refractivity contribution is 5.17. The van der Waals surface area contributed by atoms with Crippen LogP contribution in [-0.2, 0) is 6.42 Å². The summed E-state index contributed by atoms with van der Waals surface area (Å²) in [4.78, 5) is 4.35. The third-order valence-corrected chi connectivity index (χ3v) is 3.50. The summed E-state index contributed by atoms with van der Waals surface area (Å²) in [6, 6.07) is 0. The van der Waals surface area contributed by atoms with Gasteiger partial charge >= 0.3 is 0 Å². The summed E-state index contributed by atoms with van der Waals surface area (Å²) in [7, 11) is 0. The lowest BCUT2D eigenvalue weighted by Crippen LogP contribution is -2.22. The average Bonchev–Trinajstić information content (AvgIpc) is 2.71. The van der Waals surface area contributed by atoms with Gasteiger partial charge in [-0.3, -0.25) is 0 Å². The first-order valence-corrected chi connectivity index (χ1v) is 6.64. The summed E-state index contributed by atoms with van der Waals surface area (Å²) < 4.78 is 5.80. The Kier molecular flexibility index (Phi) is 3.57. The van der Waals surface area contributed by atoms with Gasteiger partial charge in [-0.05, 0) is 24.3 Å². The lowest BCUT2D eigenvalue weighted by Gasteiger charge is -2.05. The molecule has 3 nitrogen and oxygen atoms in total. The number of hydrogen-bond acceptors (Lipinski definition) is 3. The van der Waals surface area contributed by atoms with Crippen molar-refractivity contribution in [2.45, 2.75) is 46.5 Å². The van der Waals surface area contributed by atoms with Gasteiger partial charge in [-0.15, -0.1) is 0 Å². The van der Waals surface area contributed by atoms with E-state index in [1.54, 1.807) is 0 Å². The molecule has 1 aliphatic carbocycles. The Labute approximate surface area is 104 Å². The largest absolute Gasteiger partial charge is 0.445 e. The summed E-state index contributed by atoms with van der Waals surface area (Å²) in [6.07, 6.45) is 4.03. The number of hydrogen-bond donors (Lipinski definition) is 1. The van der Waals surface area contributed by atoms with Crippen LogP contribution >= 0.6 is 0 Å². The molecule has 2 rings (SSSR count). The third kappa shape index (κ3) is 3.32. The zero-order valence-corrected chi connectivity index (χ0v) is 11.4. The summed E-state index contributed by atoms with van der Waals surface area (Å²) in [6.45, 7) is 11.0. The van der Waals surface area contributed by atoms with Crippen LogP contribution in [0.2, 0.25) is 0 Å². The second-order valence-corrected chi connectivity index (χ2v) is 6.25. The van der Waals surface area contributed by atoms with Crippen LogP contribution < -0.4 is 5.32 Å². The smallest absolute Gasteiger partial charge is 0.195 e. The van der Waals surface area contributed by atoms with Crippen LogP contribution in [0.3, 0.4) is 0 Å². The molecule has 17 heavy (non-hydrogen) atoms. The first-order valence-electron chi connectivity index (χ1n) is 6.64. The summed E-state index contributed by atoms with van der Waals surface area (Å²) >= 11 is 0. The lowest BCUT2D eigenvalue weighted by molar-refractivity contribution is 0.430. The van der Waals surface area contributed by atoms with Crippen LogP contribution in [0.25, 0.3) is 0 Å². The molecule has 3 heteroatoms. The minimum absolute atomic E-state index is 0.423. The first-order chi connectivity index (χ1) is 7.99. The van der Waals surface area contributed by atoms with Crippen molar-refractivity contribution in [2.75, 3.05) is 13.1 Å². The maximum Gasteiger partial charge on any atom is 0.195 e. The van der Waals surface area contributed by atoms with Crippen LogP contribution in [0.15, 0.2) is 10.6 Å². The molecule has 0 amide bonds. The van der Waals surface area contributed by atoms with Crippen molar-refractivity contribution in [2.24, 2.45) is 11.3 Å². The highest BCUT2D eigenvalue weighted by Gasteiger charge is 2.48. The Morgan fingerprint density at radius 1 is 1.53 bits per heavy atom. The monoisotopic (exact) mass is 236 g/mol. The van der Waals surface area contributed by atoms with Crippen molar-refractivity contribution in [1.29, 1.82) is 0 Å². The normalized spacial score (nSPS) is 22.1. The van der Waals surface area contributed by atoms with Crippen LogP contribution in [0.5, 0.6) is 0 Å². The molecular formula is C14H24N2O. The van der Waals surface area contributed by atoms with E-state index in [2.05, 4.69) is 38.0 Å².